The van der Waals surface area contributed by atoms with E-state index in [4.69, 9.17) is 0 Å². The number of amides is 2. The smallest absolute Gasteiger partial charge is 0.255 e. The van der Waals surface area contributed by atoms with E-state index in [0.29, 0.717) is 11.1 Å². The van der Waals surface area contributed by atoms with E-state index >= 15 is 0 Å². The monoisotopic (exact) mass is 318 g/mol. The summed E-state index contributed by atoms with van der Waals surface area (Å²) in [6.45, 7) is 10.3. The molecule has 23 heavy (non-hydrogen) atoms. The highest BCUT2D eigenvalue weighted by atomic mass is 16.2. The Balaban J connectivity index is 2.04. The lowest BCUT2D eigenvalue weighted by Crippen LogP contribution is -2.48. The zero-order chi connectivity index (χ0) is 16.8. The summed E-state index contributed by atoms with van der Waals surface area (Å²) < 4.78 is 0. The standard InChI is InChI=1S/C17H26N4O2/c1-4-13(3)19-16(22)14-10-15(12-18-11-14)17(23)21-8-6-20(5-2)7-9-21/h10-13H,4-9H2,1-3H3,(H,19,22). The van der Waals surface area contributed by atoms with Crippen molar-refractivity contribution in [2.75, 3.05) is 32.7 Å². The van der Waals surface area contributed by atoms with E-state index in [2.05, 4.69) is 22.1 Å². The predicted octanol–water partition coefficient (Wildman–Crippen LogP) is 1.39. The SMILES string of the molecule is CCC(C)NC(=O)c1cncc(C(=O)N2CCN(CC)CC2)c1. The molecule has 0 aromatic carbocycles. The number of aromatic nitrogens is 1. The minimum Gasteiger partial charge on any atom is -0.350 e. The third kappa shape index (κ3) is 4.51. The van der Waals surface area contributed by atoms with Crippen molar-refractivity contribution in [3.05, 3.63) is 29.6 Å². The molecule has 6 nitrogen and oxygen atoms in total. The first-order valence-corrected chi connectivity index (χ1v) is 8.32. The van der Waals surface area contributed by atoms with Crippen molar-refractivity contribution in [3.63, 3.8) is 0 Å². The molecule has 126 valence electrons. The third-order valence-electron chi connectivity index (χ3n) is 4.34. The molecule has 1 aliphatic heterocycles. The summed E-state index contributed by atoms with van der Waals surface area (Å²) in [6, 6.07) is 1.74. The van der Waals surface area contributed by atoms with Crippen LogP contribution in [0.25, 0.3) is 0 Å². The third-order valence-corrected chi connectivity index (χ3v) is 4.34. The molecule has 1 atom stereocenters. The van der Waals surface area contributed by atoms with E-state index in [1.54, 1.807) is 6.07 Å². The second-order valence-electron chi connectivity index (χ2n) is 5.97. The van der Waals surface area contributed by atoms with E-state index in [-0.39, 0.29) is 17.9 Å². The van der Waals surface area contributed by atoms with Crippen LogP contribution in [0.1, 0.15) is 47.9 Å². The van der Waals surface area contributed by atoms with Crippen molar-refractivity contribution in [2.45, 2.75) is 33.2 Å². The van der Waals surface area contributed by atoms with E-state index < -0.39 is 0 Å². The molecule has 0 spiro atoms. The molecule has 1 fully saturated rings. The minimum absolute atomic E-state index is 0.0496. The van der Waals surface area contributed by atoms with Crippen LogP contribution in [0.5, 0.6) is 0 Å². The molecule has 0 saturated carbocycles. The lowest BCUT2D eigenvalue weighted by Gasteiger charge is -2.34. The van der Waals surface area contributed by atoms with Gasteiger partial charge in [-0.2, -0.15) is 0 Å². The summed E-state index contributed by atoms with van der Waals surface area (Å²) in [4.78, 5) is 33.0. The summed E-state index contributed by atoms with van der Waals surface area (Å²) in [6.07, 6.45) is 3.90. The summed E-state index contributed by atoms with van der Waals surface area (Å²) in [5, 5.41) is 2.89. The van der Waals surface area contributed by atoms with Gasteiger partial charge < -0.3 is 15.1 Å². The van der Waals surface area contributed by atoms with Crippen LogP contribution in [0.15, 0.2) is 18.5 Å². The van der Waals surface area contributed by atoms with Crippen molar-refractivity contribution in [2.24, 2.45) is 0 Å². The van der Waals surface area contributed by atoms with Gasteiger partial charge in [-0.1, -0.05) is 13.8 Å². The highest BCUT2D eigenvalue weighted by Gasteiger charge is 2.22. The largest absolute Gasteiger partial charge is 0.350 e. The Morgan fingerprint density at radius 1 is 1.17 bits per heavy atom. The second-order valence-corrected chi connectivity index (χ2v) is 5.97. The van der Waals surface area contributed by atoms with Gasteiger partial charge in [-0.3, -0.25) is 14.6 Å². The van der Waals surface area contributed by atoms with Crippen molar-refractivity contribution in [1.82, 2.24) is 20.1 Å². The highest BCUT2D eigenvalue weighted by molar-refractivity contribution is 5.99. The molecule has 1 saturated heterocycles. The Morgan fingerprint density at radius 2 is 1.83 bits per heavy atom. The van der Waals surface area contributed by atoms with Crippen LogP contribution in [0, 0.1) is 0 Å². The van der Waals surface area contributed by atoms with Gasteiger partial charge in [-0.15, -0.1) is 0 Å². The quantitative estimate of drug-likeness (QED) is 0.891. The molecule has 0 radical (unpaired) electrons. The molecule has 1 aromatic rings. The Kier molecular flexibility index (Phi) is 6.10. The van der Waals surface area contributed by atoms with Gasteiger partial charge in [0.05, 0.1) is 11.1 Å². The Hall–Kier alpha value is -1.95. The predicted molar refractivity (Wildman–Crippen MR) is 89.5 cm³/mol. The summed E-state index contributed by atoms with van der Waals surface area (Å²) in [7, 11) is 0. The molecule has 0 aliphatic carbocycles. The topological polar surface area (TPSA) is 65.5 Å². The van der Waals surface area contributed by atoms with E-state index in [9.17, 15) is 9.59 Å². The number of carbonyl (C=O) groups excluding carboxylic acids is 2. The molecule has 2 amide bonds. The molecule has 2 heterocycles. The average molecular weight is 318 g/mol. The highest BCUT2D eigenvalue weighted by Crippen LogP contribution is 2.10. The number of hydrogen-bond acceptors (Lipinski definition) is 4. The maximum atomic E-state index is 12.6. The number of hydrogen-bond donors (Lipinski definition) is 1. The van der Waals surface area contributed by atoms with Crippen molar-refractivity contribution < 1.29 is 9.59 Å². The van der Waals surface area contributed by atoms with Crippen molar-refractivity contribution in [1.29, 1.82) is 0 Å². The zero-order valence-corrected chi connectivity index (χ0v) is 14.2. The van der Waals surface area contributed by atoms with Crippen LogP contribution in [0.4, 0.5) is 0 Å². The second kappa shape index (κ2) is 8.06. The normalized spacial score (nSPS) is 16.9. The first kappa shape index (κ1) is 17.4. The van der Waals surface area contributed by atoms with Crippen LogP contribution in [-0.4, -0.2) is 65.4 Å². The van der Waals surface area contributed by atoms with E-state index in [0.717, 1.165) is 39.1 Å². The number of rotatable bonds is 5. The zero-order valence-electron chi connectivity index (χ0n) is 14.2. The van der Waals surface area contributed by atoms with Gasteiger partial charge in [-0.05, 0) is 26.0 Å². The van der Waals surface area contributed by atoms with Gasteiger partial charge in [0.25, 0.3) is 11.8 Å². The average Bonchev–Trinajstić information content (AvgIpc) is 2.61. The molecule has 1 unspecified atom stereocenters. The Bertz CT molecular complexity index is 553. The number of nitrogens with one attached hydrogen (secondary N) is 1. The van der Waals surface area contributed by atoms with Crippen LogP contribution in [0.3, 0.4) is 0 Å². The summed E-state index contributed by atoms with van der Waals surface area (Å²) in [5.41, 5.74) is 0.912. The number of likely N-dealkylation sites (N-methyl/N-ethyl adjacent to an activating group) is 1. The summed E-state index contributed by atoms with van der Waals surface area (Å²) in [5.74, 6) is -0.233. The van der Waals surface area contributed by atoms with Crippen molar-refractivity contribution in [3.8, 4) is 0 Å². The first-order chi connectivity index (χ1) is 11.0. The fourth-order valence-electron chi connectivity index (χ4n) is 2.54. The fraction of sp³-hybridized carbons (Fsp3) is 0.588. The molecule has 1 N–H and O–H groups in total. The molecular weight excluding hydrogens is 292 g/mol. The summed E-state index contributed by atoms with van der Waals surface area (Å²) >= 11 is 0. The molecular formula is C17H26N4O2. The Morgan fingerprint density at radius 3 is 2.43 bits per heavy atom. The lowest BCUT2D eigenvalue weighted by atomic mass is 10.1. The maximum absolute atomic E-state index is 12.6. The molecule has 2 rings (SSSR count). The van der Waals surface area contributed by atoms with E-state index in [1.165, 1.54) is 12.4 Å². The van der Waals surface area contributed by atoms with Gasteiger partial charge in [0.2, 0.25) is 0 Å². The molecule has 1 aromatic heterocycles. The number of piperazine rings is 1. The number of carbonyl (C=O) groups is 2. The van der Waals surface area contributed by atoms with Gasteiger partial charge in [0.1, 0.15) is 0 Å². The van der Waals surface area contributed by atoms with Crippen LogP contribution in [0.2, 0.25) is 0 Å². The van der Waals surface area contributed by atoms with Gasteiger partial charge in [0.15, 0.2) is 0 Å². The molecule has 0 bridgehead atoms. The molecule has 1 aliphatic rings. The number of nitrogens with zero attached hydrogens (tertiary/aromatic N) is 3. The first-order valence-electron chi connectivity index (χ1n) is 8.32. The minimum atomic E-state index is -0.183. The number of pyridine rings is 1. The Labute approximate surface area is 137 Å². The van der Waals surface area contributed by atoms with Gasteiger partial charge >= 0.3 is 0 Å². The van der Waals surface area contributed by atoms with Gasteiger partial charge in [0, 0.05) is 44.6 Å². The van der Waals surface area contributed by atoms with Gasteiger partial charge in [-0.25, -0.2) is 0 Å². The van der Waals surface area contributed by atoms with Crippen LogP contribution >= 0.6 is 0 Å². The van der Waals surface area contributed by atoms with Crippen LogP contribution in [-0.2, 0) is 0 Å². The lowest BCUT2D eigenvalue weighted by molar-refractivity contribution is 0.0643. The fourth-order valence-corrected chi connectivity index (χ4v) is 2.54. The maximum Gasteiger partial charge on any atom is 0.255 e. The molecule has 6 heteroatoms. The van der Waals surface area contributed by atoms with E-state index in [1.807, 2.05) is 18.7 Å². The van der Waals surface area contributed by atoms with Crippen LogP contribution < -0.4 is 5.32 Å². The van der Waals surface area contributed by atoms with Crippen molar-refractivity contribution >= 4 is 11.8 Å².